The third-order valence-corrected chi connectivity index (χ3v) is 7.78. The first kappa shape index (κ1) is 25.7. The van der Waals surface area contributed by atoms with E-state index in [1.807, 2.05) is 4.90 Å². The first-order chi connectivity index (χ1) is 18.3. The molecule has 2 aliphatic heterocycles. The molecule has 1 spiro atoms. The number of carbonyl (C=O) groups is 1. The fourth-order valence-corrected chi connectivity index (χ4v) is 5.41. The van der Waals surface area contributed by atoms with Crippen LogP contribution in [0.5, 0.6) is 0 Å². The molecule has 0 aromatic carbocycles. The van der Waals surface area contributed by atoms with Crippen molar-refractivity contribution < 1.29 is 36.2 Å². The number of aromatic amines is 1. The van der Waals surface area contributed by atoms with Crippen molar-refractivity contribution in [3.63, 3.8) is 0 Å². The van der Waals surface area contributed by atoms with Crippen molar-refractivity contribution in [3.05, 3.63) is 18.5 Å². The predicted molar refractivity (Wildman–Crippen MR) is 126 cm³/mol. The molecule has 16 heteroatoms. The molecule has 0 radical (unpaired) electrons. The van der Waals surface area contributed by atoms with Gasteiger partial charge in [0.05, 0.1) is 28.5 Å². The number of carbonyl (C=O) groups excluding carboxylic acids is 1. The zero-order valence-electron chi connectivity index (χ0n) is 20.4. The van der Waals surface area contributed by atoms with Crippen molar-refractivity contribution in [3.8, 4) is 11.4 Å². The largest absolute Gasteiger partial charge is 0.417 e. The number of amides is 2. The Morgan fingerprint density at radius 1 is 1.10 bits per heavy atom. The number of alkyl halides is 6. The summed E-state index contributed by atoms with van der Waals surface area (Å²) in [4.78, 5) is 20.7. The van der Waals surface area contributed by atoms with E-state index < -0.39 is 48.9 Å². The second-order valence-corrected chi connectivity index (χ2v) is 10.4. The maximum Gasteiger partial charge on any atom is 0.417 e. The van der Waals surface area contributed by atoms with E-state index in [1.165, 1.54) is 23.4 Å². The Morgan fingerprint density at radius 2 is 1.85 bits per heavy atom. The molecule has 39 heavy (non-hydrogen) atoms. The number of hydrogen-bond donors (Lipinski definition) is 3. The Hall–Kier alpha value is -3.56. The molecule has 0 bridgehead atoms. The van der Waals surface area contributed by atoms with Crippen LogP contribution >= 0.6 is 0 Å². The number of anilines is 2. The number of fused-ring (bicyclic) bond motifs is 1. The number of likely N-dealkylation sites (tertiary alicyclic amines) is 1. The number of hydrogen-bond acceptors (Lipinski definition) is 6. The van der Waals surface area contributed by atoms with Crippen LogP contribution in [0.1, 0.15) is 32.1 Å². The minimum atomic E-state index is -4.80. The smallest absolute Gasteiger partial charge is 0.380 e. The Morgan fingerprint density at radius 3 is 2.46 bits per heavy atom. The van der Waals surface area contributed by atoms with Gasteiger partial charge in [-0.2, -0.15) is 36.5 Å². The molecule has 3 aliphatic rings. The molecular formula is C23H24F6N8O2. The lowest BCUT2D eigenvalue weighted by atomic mass is 9.84. The van der Waals surface area contributed by atoms with Crippen LogP contribution < -0.4 is 10.2 Å². The maximum atomic E-state index is 13.4. The summed E-state index contributed by atoms with van der Waals surface area (Å²) in [7, 11) is 0. The SMILES string of the molecule is O=C(Nc1cn[nH]c1-c1cc2c(cn1)c(N1CCC1)nn2CC(F)(F)F)N1CCC(O)(C(F)(F)F)CC12CC2. The lowest BCUT2D eigenvalue weighted by Gasteiger charge is -2.45. The number of pyridine rings is 1. The lowest BCUT2D eigenvalue weighted by molar-refractivity contribution is -0.277. The molecule has 2 amide bonds. The van der Waals surface area contributed by atoms with Crippen LogP contribution in [0.15, 0.2) is 18.5 Å². The van der Waals surface area contributed by atoms with Gasteiger partial charge in [0, 0.05) is 44.2 Å². The number of urea groups is 1. The average Bonchev–Trinajstić information content (AvgIpc) is 3.25. The Balaban J connectivity index is 1.27. The van der Waals surface area contributed by atoms with E-state index in [-0.39, 0.29) is 29.1 Å². The van der Waals surface area contributed by atoms with Gasteiger partial charge in [-0.15, -0.1) is 0 Å². The third kappa shape index (κ3) is 4.43. The highest BCUT2D eigenvalue weighted by Gasteiger charge is 2.65. The lowest BCUT2D eigenvalue weighted by Crippen LogP contribution is -2.60. The molecule has 1 saturated carbocycles. The van der Waals surface area contributed by atoms with E-state index in [1.54, 1.807) is 0 Å². The second kappa shape index (κ2) is 8.47. The number of rotatable bonds is 4. The summed E-state index contributed by atoms with van der Waals surface area (Å²) in [5.74, 6) is 0.413. The predicted octanol–water partition coefficient (Wildman–Crippen LogP) is 4.05. The Kier molecular flexibility index (Phi) is 5.58. The number of aromatic nitrogens is 5. The minimum Gasteiger partial charge on any atom is -0.380 e. The quantitative estimate of drug-likeness (QED) is 0.417. The van der Waals surface area contributed by atoms with Gasteiger partial charge in [0.25, 0.3) is 0 Å². The summed E-state index contributed by atoms with van der Waals surface area (Å²) in [6.07, 6.45) is -6.28. The zero-order valence-corrected chi connectivity index (χ0v) is 20.4. The summed E-state index contributed by atoms with van der Waals surface area (Å²) in [5, 5.41) is 24.1. The van der Waals surface area contributed by atoms with Gasteiger partial charge < -0.3 is 20.2 Å². The third-order valence-electron chi connectivity index (χ3n) is 7.78. The van der Waals surface area contributed by atoms with Gasteiger partial charge >= 0.3 is 18.4 Å². The van der Waals surface area contributed by atoms with Gasteiger partial charge in [-0.05, 0) is 25.3 Å². The van der Waals surface area contributed by atoms with Crippen molar-refractivity contribution in [1.82, 2.24) is 29.9 Å². The first-order valence-electron chi connectivity index (χ1n) is 12.4. The van der Waals surface area contributed by atoms with Crippen LogP contribution in [0.2, 0.25) is 0 Å². The number of piperidine rings is 1. The topological polar surface area (TPSA) is 115 Å². The summed E-state index contributed by atoms with van der Waals surface area (Å²) >= 11 is 0. The van der Waals surface area contributed by atoms with Gasteiger partial charge in [-0.25, -0.2) is 4.79 Å². The van der Waals surface area contributed by atoms with E-state index in [0.717, 1.165) is 11.1 Å². The van der Waals surface area contributed by atoms with Gasteiger partial charge in [0.1, 0.15) is 12.2 Å². The van der Waals surface area contributed by atoms with Gasteiger partial charge in [0.2, 0.25) is 0 Å². The fourth-order valence-electron chi connectivity index (χ4n) is 5.41. The van der Waals surface area contributed by atoms with Crippen LogP contribution in [-0.2, 0) is 6.54 Å². The normalized spacial score (nSPS) is 22.8. The van der Waals surface area contributed by atoms with Crippen LogP contribution in [0, 0.1) is 0 Å². The molecule has 5 heterocycles. The van der Waals surface area contributed by atoms with E-state index in [0.29, 0.717) is 37.1 Å². The second-order valence-electron chi connectivity index (χ2n) is 10.4. The maximum absolute atomic E-state index is 13.4. The van der Waals surface area contributed by atoms with Gasteiger partial charge in [-0.3, -0.25) is 14.8 Å². The van der Waals surface area contributed by atoms with Crippen molar-refractivity contribution in [2.75, 3.05) is 29.9 Å². The Labute approximate surface area is 217 Å². The van der Waals surface area contributed by atoms with Crippen LogP contribution in [-0.4, -0.2) is 84.1 Å². The molecule has 6 rings (SSSR count). The number of aliphatic hydroxyl groups is 1. The summed E-state index contributed by atoms with van der Waals surface area (Å²) in [6, 6.07) is 0.760. The van der Waals surface area contributed by atoms with Crippen LogP contribution in [0.4, 0.5) is 42.6 Å². The Bertz CT molecular complexity index is 1420. The van der Waals surface area contributed by atoms with Crippen molar-refractivity contribution in [2.24, 2.45) is 0 Å². The summed E-state index contributed by atoms with van der Waals surface area (Å²) in [5.41, 5.74) is -3.18. The highest BCUT2D eigenvalue weighted by Crippen LogP contribution is 2.55. The molecule has 3 aromatic rings. The number of nitrogens with one attached hydrogen (secondary N) is 2. The van der Waals surface area contributed by atoms with Crippen LogP contribution in [0.25, 0.3) is 22.3 Å². The summed E-state index contributed by atoms with van der Waals surface area (Å²) in [6.45, 7) is -0.242. The van der Waals surface area contributed by atoms with E-state index in [2.05, 4.69) is 25.6 Å². The minimum absolute atomic E-state index is 0.157. The molecule has 10 nitrogen and oxygen atoms in total. The average molecular weight is 558 g/mol. The standard InChI is InChI=1S/C23H24F6N8O2/c24-22(25,26)12-37-16-8-14(30-9-13(16)18(34-37)35-5-1-6-35)17-15(10-31-33-17)32-19(38)36-7-4-21(39,23(27,28)29)11-20(36)2-3-20/h8-10,39H,1-7,11-12H2,(H,31,33)(H,32,38). The molecule has 3 fully saturated rings. The molecule has 2 saturated heterocycles. The molecule has 1 unspecified atom stereocenters. The van der Waals surface area contributed by atoms with E-state index in [9.17, 15) is 36.2 Å². The van der Waals surface area contributed by atoms with Crippen LogP contribution in [0.3, 0.4) is 0 Å². The molecule has 1 aliphatic carbocycles. The first-order valence-corrected chi connectivity index (χ1v) is 12.4. The van der Waals surface area contributed by atoms with E-state index in [4.69, 9.17) is 0 Å². The van der Waals surface area contributed by atoms with Crippen molar-refractivity contribution >= 4 is 28.4 Å². The molecular weight excluding hydrogens is 534 g/mol. The molecule has 1 atom stereocenters. The summed E-state index contributed by atoms with van der Waals surface area (Å²) < 4.78 is 80.9. The number of halogens is 6. The van der Waals surface area contributed by atoms with Crippen molar-refractivity contribution in [2.45, 2.75) is 62.1 Å². The molecule has 3 N–H and O–H groups in total. The van der Waals surface area contributed by atoms with Gasteiger partial charge in [0.15, 0.2) is 11.4 Å². The monoisotopic (exact) mass is 558 g/mol. The van der Waals surface area contributed by atoms with Gasteiger partial charge in [-0.1, -0.05) is 0 Å². The highest BCUT2D eigenvalue weighted by molar-refractivity contribution is 5.96. The number of H-pyrrole nitrogens is 1. The highest BCUT2D eigenvalue weighted by atomic mass is 19.4. The molecule has 210 valence electrons. The van der Waals surface area contributed by atoms with E-state index >= 15 is 0 Å². The zero-order chi connectivity index (χ0) is 27.8. The fraction of sp³-hybridized carbons (Fsp3) is 0.565. The van der Waals surface area contributed by atoms with Crippen molar-refractivity contribution in [1.29, 1.82) is 0 Å². The molecule has 3 aromatic heterocycles. The number of nitrogens with zero attached hydrogens (tertiary/aromatic N) is 6.